The highest BCUT2D eigenvalue weighted by atomic mass is 19.3. The summed E-state index contributed by atoms with van der Waals surface area (Å²) in [4.78, 5) is 0. The molecule has 0 spiro atoms. The summed E-state index contributed by atoms with van der Waals surface area (Å²) in [6.07, 6.45) is 9.14. The second-order valence-electron chi connectivity index (χ2n) is 7.61. The average Bonchev–Trinajstić information content (AvgIpc) is 2.72. The van der Waals surface area contributed by atoms with Crippen LogP contribution in [0.5, 0.6) is 5.75 Å². The molecule has 148 valence electrons. The third-order valence-corrected chi connectivity index (χ3v) is 5.53. The second-order valence-corrected chi connectivity index (χ2v) is 7.61. The van der Waals surface area contributed by atoms with E-state index in [-0.39, 0.29) is 5.75 Å². The predicted molar refractivity (Wildman–Crippen MR) is 110 cm³/mol. The van der Waals surface area contributed by atoms with Gasteiger partial charge in [0.1, 0.15) is 5.75 Å². The molecule has 2 aromatic carbocycles. The van der Waals surface area contributed by atoms with E-state index in [9.17, 15) is 8.78 Å². The number of ether oxygens (including phenoxy) is 1. The maximum Gasteiger partial charge on any atom is 0.387 e. The molecule has 3 rings (SSSR count). The molecule has 0 aromatic heterocycles. The first-order valence-electron chi connectivity index (χ1n) is 10.3. The topological polar surface area (TPSA) is 9.23 Å². The van der Waals surface area contributed by atoms with Crippen molar-refractivity contribution in [2.45, 2.75) is 58.5 Å². The van der Waals surface area contributed by atoms with E-state index in [2.05, 4.69) is 23.5 Å². The minimum absolute atomic E-state index is 0.172. The van der Waals surface area contributed by atoms with E-state index < -0.39 is 6.61 Å². The standard InChI is InChI=1S/C25H28F2O/c1-2-3-4-19-5-7-20(8-6-19)9-10-21-11-13-22(14-12-21)23-15-17-24(18-16-23)28-25(26)27/h11-20,25H,2-8H2,1H3. The van der Waals surface area contributed by atoms with Crippen LogP contribution in [0.15, 0.2) is 48.5 Å². The largest absolute Gasteiger partial charge is 0.435 e. The normalized spacial score (nSPS) is 19.1. The first-order chi connectivity index (χ1) is 13.6. The Labute approximate surface area is 167 Å². The first kappa shape index (κ1) is 20.4. The fourth-order valence-electron chi connectivity index (χ4n) is 3.85. The zero-order chi connectivity index (χ0) is 19.8. The van der Waals surface area contributed by atoms with Crippen LogP contribution in [0.2, 0.25) is 0 Å². The van der Waals surface area contributed by atoms with Gasteiger partial charge in [-0.05, 0) is 67.0 Å². The van der Waals surface area contributed by atoms with Crippen LogP contribution in [-0.2, 0) is 0 Å². The van der Waals surface area contributed by atoms with Gasteiger partial charge in [0.25, 0.3) is 0 Å². The van der Waals surface area contributed by atoms with Gasteiger partial charge in [0, 0.05) is 11.5 Å². The van der Waals surface area contributed by atoms with Gasteiger partial charge in [0.15, 0.2) is 0 Å². The number of halogens is 2. The molecular formula is C25H28F2O. The molecule has 0 bridgehead atoms. The van der Waals surface area contributed by atoms with E-state index in [1.54, 1.807) is 24.3 Å². The Bertz CT molecular complexity index is 776. The van der Waals surface area contributed by atoms with E-state index >= 15 is 0 Å². The number of hydrogen-bond donors (Lipinski definition) is 0. The van der Waals surface area contributed by atoms with Crippen LogP contribution < -0.4 is 4.74 Å². The van der Waals surface area contributed by atoms with Crippen LogP contribution in [-0.4, -0.2) is 6.61 Å². The molecule has 1 saturated carbocycles. The van der Waals surface area contributed by atoms with Crippen LogP contribution in [0.3, 0.4) is 0 Å². The molecule has 0 atom stereocenters. The summed E-state index contributed by atoms with van der Waals surface area (Å²) in [6, 6.07) is 14.8. The van der Waals surface area contributed by atoms with Crippen molar-refractivity contribution < 1.29 is 13.5 Å². The molecule has 0 amide bonds. The quantitative estimate of drug-likeness (QED) is 0.476. The summed E-state index contributed by atoms with van der Waals surface area (Å²) in [5.41, 5.74) is 3.02. The Morgan fingerprint density at radius 1 is 0.929 bits per heavy atom. The van der Waals surface area contributed by atoms with Crippen molar-refractivity contribution in [1.82, 2.24) is 0 Å². The minimum Gasteiger partial charge on any atom is -0.435 e. The van der Waals surface area contributed by atoms with Crippen molar-refractivity contribution in [3.63, 3.8) is 0 Å². The molecule has 0 aliphatic heterocycles. The zero-order valence-electron chi connectivity index (χ0n) is 16.5. The van der Waals surface area contributed by atoms with Crippen LogP contribution in [0, 0.1) is 23.7 Å². The van der Waals surface area contributed by atoms with Gasteiger partial charge >= 0.3 is 6.61 Å². The van der Waals surface area contributed by atoms with E-state index in [4.69, 9.17) is 0 Å². The van der Waals surface area contributed by atoms with Crippen molar-refractivity contribution in [1.29, 1.82) is 0 Å². The van der Waals surface area contributed by atoms with Gasteiger partial charge in [-0.3, -0.25) is 0 Å². The molecule has 1 aliphatic rings. The molecule has 1 aliphatic carbocycles. The van der Waals surface area contributed by atoms with E-state index in [0.717, 1.165) is 22.6 Å². The molecule has 3 heteroatoms. The van der Waals surface area contributed by atoms with Gasteiger partial charge in [-0.1, -0.05) is 62.3 Å². The minimum atomic E-state index is -2.80. The van der Waals surface area contributed by atoms with Gasteiger partial charge < -0.3 is 4.74 Å². The van der Waals surface area contributed by atoms with Gasteiger partial charge in [-0.2, -0.15) is 8.78 Å². The number of unbranched alkanes of at least 4 members (excludes halogenated alkanes) is 1. The van der Waals surface area contributed by atoms with Crippen LogP contribution in [0.25, 0.3) is 11.1 Å². The molecule has 0 radical (unpaired) electrons. The summed E-state index contributed by atoms with van der Waals surface area (Å²) >= 11 is 0. The SMILES string of the molecule is CCCCC1CCC(C#Cc2ccc(-c3ccc(OC(F)F)cc3)cc2)CC1. The fourth-order valence-corrected chi connectivity index (χ4v) is 3.85. The Morgan fingerprint density at radius 2 is 1.54 bits per heavy atom. The Balaban J connectivity index is 1.55. The molecule has 0 N–H and O–H groups in total. The lowest BCUT2D eigenvalue weighted by Gasteiger charge is -2.25. The summed E-state index contributed by atoms with van der Waals surface area (Å²) in [7, 11) is 0. The van der Waals surface area contributed by atoms with Crippen molar-refractivity contribution in [2.24, 2.45) is 11.8 Å². The van der Waals surface area contributed by atoms with Crippen molar-refractivity contribution in [2.75, 3.05) is 0 Å². The monoisotopic (exact) mass is 382 g/mol. The summed E-state index contributed by atoms with van der Waals surface area (Å²) < 4.78 is 28.8. The summed E-state index contributed by atoms with van der Waals surface area (Å²) in [6.45, 7) is -0.533. The van der Waals surface area contributed by atoms with Crippen molar-refractivity contribution >= 4 is 0 Å². The van der Waals surface area contributed by atoms with E-state index in [1.807, 2.05) is 24.3 Å². The molecule has 0 unspecified atom stereocenters. The lowest BCUT2D eigenvalue weighted by Crippen LogP contribution is -2.13. The summed E-state index contributed by atoms with van der Waals surface area (Å²) in [5, 5.41) is 0. The van der Waals surface area contributed by atoms with Gasteiger partial charge in [0.2, 0.25) is 0 Å². The molecular weight excluding hydrogens is 354 g/mol. The molecule has 2 aromatic rings. The third kappa shape index (κ3) is 6.09. The number of alkyl halides is 2. The van der Waals surface area contributed by atoms with Crippen molar-refractivity contribution in [3.05, 3.63) is 54.1 Å². The first-order valence-corrected chi connectivity index (χ1v) is 10.3. The van der Waals surface area contributed by atoms with Gasteiger partial charge in [-0.25, -0.2) is 0 Å². The Hall–Kier alpha value is -2.34. The highest BCUT2D eigenvalue weighted by Crippen LogP contribution is 2.31. The predicted octanol–water partition coefficient (Wildman–Crippen LogP) is 7.30. The number of benzene rings is 2. The molecule has 1 nitrogen and oxygen atoms in total. The lowest BCUT2D eigenvalue weighted by atomic mass is 9.80. The zero-order valence-corrected chi connectivity index (χ0v) is 16.5. The maximum absolute atomic E-state index is 12.2. The molecule has 1 fully saturated rings. The van der Waals surface area contributed by atoms with Crippen molar-refractivity contribution in [3.8, 4) is 28.7 Å². The molecule has 0 saturated heterocycles. The smallest absolute Gasteiger partial charge is 0.387 e. The number of hydrogen-bond acceptors (Lipinski definition) is 1. The van der Waals surface area contributed by atoms with Gasteiger partial charge in [-0.15, -0.1) is 0 Å². The average molecular weight is 382 g/mol. The lowest BCUT2D eigenvalue weighted by molar-refractivity contribution is -0.0498. The fraction of sp³-hybridized carbons (Fsp3) is 0.440. The second kappa shape index (κ2) is 10.3. The molecule has 0 heterocycles. The van der Waals surface area contributed by atoms with E-state index in [0.29, 0.717) is 5.92 Å². The highest BCUT2D eigenvalue weighted by Gasteiger charge is 2.19. The third-order valence-electron chi connectivity index (χ3n) is 5.53. The molecule has 28 heavy (non-hydrogen) atoms. The van der Waals surface area contributed by atoms with Crippen LogP contribution >= 0.6 is 0 Å². The Morgan fingerprint density at radius 3 is 2.11 bits per heavy atom. The summed E-state index contributed by atoms with van der Waals surface area (Å²) in [5.74, 6) is 8.40. The maximum atomic E-state index is 12.2. The number of rotatable bonds is 6. The van der Waals surface area contributed by atoms with Crippen LogP contribution in [0.4, 0.5) is 8.78 Å². The van der Waals surface area contributed by atoms with Crippen LogP contribution in [0.1, 0.15) is 57.4 Å². The van der Waals surface area contributed by atoms with E-state index in [1.165, 1.54) is 44.9 Å². The highest BCUT2D eigenvalue weighted by molar-refractivity contribution is 5.65. The van der Waals surface area contributed by atoms with Gasteiger partial charge in [0.05, 0.1) is 0 Å². The Kier molecular flexibility index (Phi) is 7.48.